The fraction of sp³-hybridized carbons (Fsp3) is 0.565. The molecule has 0 aromatic heterocycles. The van der Waals surface area contributed by atoms with Gasteiger partial charge in [0.1, 0.15) is 12.1 Å². The second-order valence-electron chi connectivity index (χ2n) is 8.78. The number of nitrogens with zero attached hydrogens (tertiary/aromatic N) is 2. The predicted molar refractivity (Wildman–Crippen MR) is 114 cm³/mol. The number of carbonyl (C=O) groups is 4. The molecule has 2 atom stereocenters. The molecule has 4 amide bonds. The summed E-state index contributed by atoms with van der Waals surface area (Å²) in [7, 11) is 1.64. The first-order chi connectivity index (χ1) is 14.6. The Balaban J connectivity index is 1.52. The molecule has 2 fully saturated rings. The van der Waals surface area contributed by atoms with E-state index in [0.717, 1.165) is 40.9 Å². The highest BCUT2D eigenvalue weighted by Crippen LogP contribution is 2.38. The maximum absolute atomic E-state index is 12.9. The Morgan fingerprint density at radius 2 is 2.00 bits per heavy atom. The number of likely N-dealkylation sites (N-methyl/N-ethyl adjacent to an activating group) is 1. The van der Waals surface area contributed by atoms with E-state index in [1.54, 1.807) is 7.05 Å². The Hall–Kier alpha value is -2.90. The summed E-state index contributed by atoms with van der Waals surface area (Å²) in [6.07, 6.45) is 3.30. The van der Waals surface area contributed by atoms with Gasteiger partial charge in [-0.2, -0.15) is 0 Å². The number of imide groups is 1. The van der Waals surface area contributed by atoms with E-state index in [1.807, 2.05) is 39.0 Å². The number of hydrogen-bond donors (Lipinski definition) is 1. The van der Waals surface area contributed by atoms with Crippen LogP contribution in [0.5, 0.6) is 0 Å². The maximum Gasteiger partial charge on any atom is 0.326 e. The summed E-state index contributed by atoms with van der Waals surface area (Å²) in [5, 5.41) is 2.80. The molecule has 1 saturated carbocycles. The topological polar surface area (TPSA) is 96.0 Å². The van der Waals surface area contributed by atoms with Crippen molar-refractivity contribution in [1.82, 2.24) is 15.1 Å². The third kappa shape index (κ3) is 4.73. The first-order valence-electron chi connectivity index (χ1n) is 10.7. The molecule has 8 heteroatoms. The van der Waals surface area contributed by atoms with Gasteiger partial charge in [0.25, 0.3) is 11.8 Å². The number of benzene rings is 1. The van der Waals surface area contributed by atoms with Crippen LogP contribution in [-0.4, -0.2) is 59.4 Å². The van der Waals surface area contributed by atoms with Crippen molar-refractivity contribution in [1.29, 1.82) is 0 Å². The first-order valence-corrected chi connectivity index (χ1v) is 10.7. The Labute approximate surface area is 182 Å². The van der Waals surface area contributed by atoms with Crippen molar-refractivity contribution in [2.75, 3.05) is 20.2 Å². The Morgan fingerprint density at radius 3 is 2.68 bits per heavy atom. The number of urea groups is 1. The van der Waals surface area contributed by atoms with Gasteiger partial charge >= 0.3 is 12.0 Å². The van der Waals surface area contributed by atoms with Crippen LogP contribution in [0.1, 0.15) is 49.3 Å². The molecule has 0 unspecified atom stereocenters. The maximum atomic E-state index is 12.9. The average molecular weight is 430 g/mol. The van der Waals surface area contributed by atoms with E-state index < -0.39 is 30.7 Å². The number of esters is 1. The second kappa shape index (κ2) is 9.08. The molecule has 3 rings (SSSR count). The zero-order valence-electron chi connectivity index (χ0n) is 18.7. The molecular formula is C23H31N3O5. The van der Waals surface area contributed by atoms with Gasteiger partial charge in [0.2, 0.25) is 0 Å². The minimum atomic E-state index is -0.919. The number of carbonyl (C=O) groups excluding carboxylic acids is 4. The molecule has 0 bridgehead atoms. The van der Waals surface area contributed by atoms with E-state index in [0.29, 0.717) is 13.0 Å². The monoisotopic (exact) mass is 429 g/mol. The molecule has 1 spiro atoms. The molecule has 8 nitrogen and oxygen atoms in total. The van der Waals surface area contributed by atoms with Crippen molar-refractivity contribution in [2.24, 2.45) is 5.92 Å². The number of ether oxygens (including phenoxy) is 1. The lowest BCUT2D eigenvalue weighted by Gasteiger charge is -2.36. The molecule has 1 heterocycles. The zero-order valence-corrected chi connectivity index (χ0v) is 18.7. The summed E-state index contributed by atoms with van der Waals surface area (Å²) in [6, 6.07) is 5.43. The van der Waals surface area contributed by atoms with Crippen LogP contribution in [0, 0.1) is 19.8 Å². The van der Waals surface area contributed by atoms with Gasteiger partial charge in [-0.1, -0.05) is 43.5 Å². The van der Waals surface area contributed by atoms with E-state index in [-0.39, 0.29) is 17.7 Å². The molecule has 31 heavy (non-hydrogen) atoms. The van der Waals surface area contributed by atoms with Gasteiger partial charge in [0, 0.05) is 13.6 Å². The van der Waals surface area contributed by atoms with Gasteiger partial charge in [-0.25, -0.2) is 4.79 Å². The number of amides is 4. The van der Waals surface area contributed by atoms with E-state index in [9.17, 15) is 19.2 Å². The second-order valence-corrected chi connectivity index (χ2v) is 8.78. The van der Waals surface area contributed by atoms with Crippen LogP contribution in [0.4, 0.5) is 4.79 Å². The van der Waals surface area contributed by atoms with Crippen molar-refractivity contribution in [3.63, 3.8) is 0 Å². The molecule has 1 saturated heterocycles. The van der Waals surface area contributed by atoms with Gasteiger partial charge in [0.15, 0.2) is 6.61 Å². The highest BCUT2D eigenvalue weighted by molar-refractivity contribution is 6.09. The highest BCUT2D eigenvalue weighted by atomic mass is 16.5. The molecule has 168 valence electrons. The molecule has 1 aromatic rings. The lowest BCUT2D eigenvalue weighted by atomic mass is 9.73. The molecule has 1 aliphatic heterocycles. The van der Waals surface area contributed by atoms with Crippen LogP contribution in [0.2, 0.25) is 0 Å². The number of aryl methyl sites for hydroxylation is 2. The van der Waals surface area contributed by atoms with Crippen molar-refractivity contribution >= 4 is 23.8 Å². The fourth-order valence-corrected chi connectivity index (χ4v) is 4.43. The van der Waals surface area contributed by atoms with E-state index in [4.69, 9.17) is 4.74 Å². The van der Waals surface area contributed by atoms with Crippen LogP contribution in [0.15, 0.2) is 18.2 Å². The van der Waals surface area contributed by atoms with E-state index in [1.165, 1.54) is 4.90 Å². The summed E-state index contributed by atoms with van der Waals surface area (Å²) in [4.78, 5) is 52.3. The van der Waals surface area contributed by atoms with Crippen LogP contribution in [0.3, 0.4) is 0 Å². The quantitative estimate of drug-likeness (QED) is 0.553. The van der Waals surface area contributed by atoms with Gasteiger partial charge in [-0.05, 0) is 43.7 Å². The van der Waals surface area contributed by atoms with Crippen LogP contribution < -0.4 is 5.32 Å². The van der Waals surface area contributed by atoms with Crippen LogP contribution >= 0.6 is 0 Å². The fourth-order valence-electron chi connectivity index (χ4n) is 4.43. The number of hydrogen-bond acceptors (Lipinski definition) is 5. The Bertz CT molecular complexity index is 899. The largest absolute Gasteiger partial charge is 0.454 e. The minimum absolute atomic E-state index is 0.0131. The molecule has 0 radical (unpaired) electrons. The summed E-state index contributed by atoms with van der Waals surface area (Å²) < 4.78 is 5.07. The van der Waals surface area contributed by atoms with Gasteiger partial charge in [-0.15, -0.1) is 0 Å². The predicted octanol–water partition coefficient (Wildman–Crippen LogP) is 2.31. The molecule has 1 aliphatic carbocycles. The van der Waals surface area contributed by atoms with E-state index >= 15 is 0 Å². The van der Waals surface area contributed by atoms with Crippen molar-refractivity contribution in [3.05, 3.63) is 34.9 Å². The summed E-state index contributed by atoms with van der Waals surface area (Å²) in [5.74, 6) is -1.50. The normalized spacial score (nSPS) is 23.1. The Morgan fingerprint density at radius 1 is 1.26 bits per heavy atom. The molecular weight excluding hydrogens is 398 g/mol. The summed E-state index contributed by atoms with van der Waals surface area (Å²) >= 11 is 0. The standard InChI is InChI=1S/C23H31N3O5/c1-15-8-9-18(16(2)11-15)12-25(4)19(27)14-31-20(28)13-26-21(29)23(24-22(26)30)10-6-5-7-17(23)3/h8-9,11,17H,5-7,10,12-14H2,1-4H3,(H,24,30)/t17-,23-/m1/s1. The van der Waals surface area contributed by atoms with Crippen molar-refractivity contribution < 1.29 is 23.9 Å². The number of rotatable bonds is 6. The highest BCUT2D eigenvalue weighted by Gasteiger charge is 2.55. The van der Waals surface area contributed by atoms with Crippen molar-refractivity contribution in [3.8, 4) is 0 Å². The lowest BCUT2D eigenvalue weighted by molar-refractivity contribution is -0.153. The van der Waals surface area contributed by atoms with Crippen molar-refractivity contribution in [2.45, 2.75) is 58.5 Å². The van der Waals surface area contributed by atoms with Gasteiger partial charge in [-0.3, -0.25) is 19.3 Å². The molecule has 1 N–H and O–H groups in total. The molecule has 2 aliphatic rings. The number of nitrogens with one attached hydrogen (secondary N) is 1. The Kier molecular flexibility index (Phi) is 6.67. The van der Waals surface area contributed by atoms with Gasteiger partial charge in [0.05, 0.1) is 0 Å². The van der Waals surface area contributed by atoms with Gasteiger partial charge < -0.3 is 15.0 Å². The van der Waals surface area contributed by atoms with Crippen LogP contribution in [0.25, 0.3) is 0 Å². The van der Waals surface area contributed by atoms with Crippen LogP contribution in [-0.2, 0) is 25.7 Å². The average Bonchev–Trinajstić information content (AvgIpc) is 2.95. The smallest absolute Gasteiger partial charge is 0.326 e. The summed E-state index contributed by atoms with van der Waals surface area (Å²) in [5.41, 5.74) is 2.33. The van der Waals surface area contributed by atoms with E-state index in [2.05, 4.69) is 5.32 Å². The third-order valence-corrected chi connectivity index (χ3v) is 6.48. The third-order valence-electron chi connectivity index (χ3n) is 6.48. The summed E-state index contributed by atoms with van der Waals surface area (Å²) in [6.45, 7) is 5.41. The first kappa shape index (κ1) is 22.8. The SMILES string of the molecule is Cc1ccc(CN(C)C(=O)COC(=O)CN2C(=O)N[C@@]3(CCCC[C@H]3C)C2=O)c(C)c1. The minimum Gasteiger partial charge on any atom is -0.454 e. The zero-order chi connectivity index (χ0) is 22.8. The molecule has 1 aromatic carbocycles. The lowest BCUT2D eigenvalue weighted by Crippen LogP contribution is -2.54.